The fourth-order valence-corrected chi connectivity index (χ4v) is 10.6. The highest BCUT2D eigenvalue weighted by molar-refractivity contribution is 6.98. The smallest absolute Gasteiger partial charge is 0.260 e. The minimum absolute atomic E-state index is 0.0000752. The quantitative estimate of drug-likeness (QED) is 0.164. The van der Waals surface area contributed by atoms with Gasteiger partial charge in [-0.1, -0.05) is 125 Å². The number of aromatic nitrogens is 1. The van der Waals surface area contributed by atoms with Gasteiger partial charge < -0.3 is 14.0 Å². The van der Waals surface area contributed by atoms with Crippen molar-refractivity contribution < 1.29 is 9.47 Å². The summed E-state index contributed by atoms with van der Waals surface area (Å²) in [5, 5.41) is 2.48. The van der Waals surface area contributed by atoms with Gasteiger partial charge in [0.05, 0.1) is 16.7 Å². The zero-order chi connectivity index (χ0) is 40.9. The predicted molar refractivity (Wildman–Crippen MR) is 248 cm³/mol. The summed E-state index contributed by atoms with van der Waals surface area (Å²) in [6.07, 6.45) is 0. The SMILES string of the molecule is Cc1cc(C)c2c(c1)-c1cc(C)cc(C)c1C2c1ccc2c(c1)c1ccccc1n2-c1cc2c3c(c1)Oc1ccc(C(C)(C)C)cc1B3c1cc(C(C)(C)C)ccc1O2. The van der Waals surface area contributed by atoms with Gasteiger partial charge in [-0.25, -0.2) is 0 Å². The molecule has 0 N–H and O–H groups in total. The lowest BCUT2D eigenvalue weighted by Crippen LogP contribution is -2.57. The molecule has 59 heavy (non-hydrogen) atoms. The van der Waals surface area contributed by atoms with Crippen molar-refractivity contribution in [2.45, 2.75) is 86.0 Å². The molecule has 0 saturated carbocycles. The summed E-state index contributed by atoms with van der Waals surface area (Å²) < 4.78 is 16.3. The molecule has 0 amide bonds. The molecule has 0 bridgehead atoms. The van der Waals surface area contributed by atoms with E-state index in [2.05, 4.69) is 189 Å². The molecule has 0 atom stereocenters. The van der Waals surface area contributed by atoms with E-state index >= 15 is 0 Å². The van der Waals surface area contributed by atoms with Crippen LogP contribution in [0.1, 0.15) is 97.5 Å². The highest BCUT2D eigenvalue weighted by Gasteiger charge is 2.42. The fraction of sp³-hybridized carbons (Fsp3) is 0.236. The van der Waals surface area contributed by atoms with Crippen molar-refractivity contribution in [2.24, 2.45) is 0 Å². The lowest BCUT2D eigenvalue weighted by Gasteiger charge is -2.35. The van der Waals surface area contributed by atoms with Crippen LogP contribution in [0.5, 0.6) is 23.0 Å². The van der Waals surface area contributed by atoms with Gasteiger partial charge >= 0.3 is 0 Å². The van der Waals surface area contributed by atoms with Crippen molar-refractivity contribution in [3.05, 3.63) is 165 Å². The summed E-state index contributed by atoms with van der Waals surface area (Å²) in [7, 11) is 0. The summed E-state index contributed by atoms with van der Waals surface area (Å²) in [6.45, 7) is 22.7. The molecule has 0 unspecified atom stereocenters. The summed E-state index contributed by atoms with van der Waals surface area (Å²) >= 11 is 0. The van der Waals surface area contributed by atoms with Gasteiger partial charge in [0.25, 0.3) is 6.71 Å². The zero-order valence-corrected chi connectivity index (χ0v) is 35.9. The normalized spacial score (nSPS) is 14.1. The van der Waals surface area contributed by atoms with Crippen LogP contribution in [0.15, 0.2) is 115 Å². The van der Waals surface area contributed by atoms with Gasteiger partial charge in [-0.15, -0.1) is 0 Å². The van der Waals surface area contributed by atoms with E-state index in [4.69, 9.17) is 9.47 Å². The van der Waals surface area contributed by atoms with Gasteiger partial charge in [0, 0.05) is 34.3 Å². The van der Waals surface area contributed by atoms with Crippen LogP contribution >= 0.6 is 0 Å². The summed E-state index contributed by atoms with van der Waals surface area (Å²) in [4.78, 5) is 0. The second kappa shape index (κ2) is 12.3. The number of nitrogens with zero attached hydrogens (tertiary/aromatic N) is 1. The number of fused-ring (bicyclic) bond motifs is 10. The highest BCUT2D eigenvalue weighted by Crippen LogP contribution is 2.52. The van der Waals surface area contributed by atoms with Gasteiger partial charge in [0.1, 0.15) is 23.0 Å². The standard InChI is InChI=1S/C55H50BNO2/c1-30-21-32(3)50-40(23-30)41-24-31(2)22-33(4)51(41)52(50)34-15-18-45-39(25-34)38-13-11-12-14-44(38)57(45)37-28-48-53-49(29-37)59-47-20-17-36(55(8,9)10)27-43(47)56(53)42-26-35(54(5,6)7)16-19-46(42)58-48/h11-29,52H,1-10H3. The Labute approximate surface area is 348 Å². The largest absolute Gasteiger partial charge is 0.458 e. The van der Waals surface area contributed by atoms with Crippen LogP contribution in [0.3, 0.4) is 0 Å². The van der Waals surface area contributed by atoms with E-state index < -0.39 is 0 Å². The first kappa shape index (κ1) is 36.1. The molecule has 4 heteroatoms. The molecule has 3 nitrogen and oxygen atoms in total. The number of benzene rings is 7. The maximum Gasteiger partial charge on any atom is 0.260 e. The molecule has 0 spiro atoms. The van der Waals surface area contributed by atoms with E-state index in [-0.39, 0.29) is 23.5 Å². The Morgan fingerprint density at radius 2 is 1.03 bits per heavy atom. The summed E-state index contributed by atoms with van der Waals surface area (Å²) in [5.74, 6) is 3.68. The van der Waals surface area contributed by atoms with E-state index in [1.165, 1.54) is 82.9 Å². The summed E-state index contributed by atoms with van der Waals surface area (Å²) in [5.41, 5.74) is 21.7. The van der Waals surface area contributed by atoms with Gasteiger partial charge in [-0.05, 0) is 130 Å². The van der Waals surface area contributed by atoms with Crippen LogP contribution in [0.25, 0.3) is 38.6 Å². The number of aryl methyl sites for hydroxylation is 4. The molecule has 1 aliphatic carbocycles. The van der Waals surface area contributed by atoms with Gasteiger partial charge in [0.2, 0.25) is 0 Å². The molecular formula is C55H50BNO2. The molecular weight excluding hydrogens is 717 g/mol. The Hall–Kier alpha value is -6.00. The Kier molecular flexibility index (Phi) is 7.51. The average Bonchev–Trinajstić information content (AvgIpc) is 3.69. The molecule has 7 aromatic carbocycles. The maximum absolute atomic E-state index is 6.97. The van der Waals surface area contributed by atoms with Gasteiger partial charge in [-0.2, -0.15) is 0 Å². The first-order chi connectivity index (χ1) is 28.1. The first-order valence-corrected chi connectivity index (χ1v) is 21.2. The van der Waals surface area contributed by atoms with Gasteiger partial charge in [0.15, 0.2) is 0 Å². The fourth-order valence-electron chi connectivity index (χ4n) is 10.6. The third-order valence-corrected chi connectivity index (χ3v) is 13.4. The number of hydrogen-bond donors (Lipinski definition) is 0. The Bertz CT molecular complexity index is 2990. The molecule has 290 valence electrons. The van der Waals surface area contributed by atoms with E-state index in [9.17, 15) is 0 Å². The molecule has 0 radical (unpaired) electrons. The molecule has 8 aromatic rings. The monoisotopic (exact) mass is 767 g/mol. The van der Waals surface area contributed by atoms with Crippen molar-refractivity contribution in [1.29, 1.82) is 0 Å². The maximum atomic E-state index is 6.97. The van der Waals surface area contributed by atoms with Crippen LogP contribution < -0.4 is 25.9 Å². The third kappa shape index (κ3) is 5.34. The summed E-state index contributed by atoms with van der Waals surface area (Å²) in [6, 6.07) is 43.6. The van der Waals surface area contributed by atoms with Crippen LogP contribution in [-0.2, 0) is 10.8 Å². The Balaban J connectivity index is 1.11. The number of rotatable bonds is 2. The van der Waals surface area contributed by atoms with Crippen molar-refractivity contribution >= 4 is 44.9 Å². The zero-order valence-electron chi connectivity index (χ0n) is 35.9. The van der Waals surface area contributed by atoms with E-state index in [0.29, 0.717) is 0 Å². The minimum atomic E-state index is -0.0106. The third-order valence-electron chi connectivity index (χ3n) is 13.4. The van der Waals surface area contributed by atoms with Gasteiger partial charge in [-0.3, -0.25) is 0 Å². The van der Waals surface area contributed by atoms with Crippen LogP contribution in [0.2, 0.25) is 0 Å². The van der Waals surface area contributed by atoms with Crippen LogP contribution in [0.4, 0.5) is 0 Å². The second-order valence-electron chi connectivity index (χ2n) is 19.6. The van der Waals surface area contributed by atoms with E-state index in [1.807, 2.05) is 0 Å². The Morgan fingerprint density at radius 3 is 1.58 bits per heavy atom. The number of para-hydroxylation sites is 1. The van der Waals surface area contributed by atoms with Crippen LogP contribution in [0, 0.1) is 27.7 Å². The van der Waals surface area contributed by atoms with Crippen LogP contribution in [-0.4, -0.2) is 11.3 Å². The lowest BCUT2D eigenvalue weighted by molar-refractivity contribution is 0.463. The first-order valence-electron chi connectivity index (χ1n) is 21.2. The van der Waals surface area contributed by atoms with E-state index in [1.54, 1.807) is 0 Å². The Morgan fingerprint density at radius 1 is 0.508 bits per heavy atom. The minimum Gasteiger partial charge on any atom is -0.458 e. The predicted octanol–water partition coefficient (Wildman–Crippen LogP) is 12.5. The van der Waals surface area contributed by atoms with Crippen molar-refractivity contribution in [3.8, 4) is 39.8 Å². The molecule has 11 rings (SSSR count). The molecule has 3 heterocycles. The number of hydrogen-bond acceptors (Lipinski definition) is 2. The number of ether oxygens (including phenoxy) is 2. The highest BCUT2D eigenvalue weighted by atomic mass is 16.5. The van der Waals surface area contributed by atoms with E-state index in [0.717, 1.165) is 45.2 Å². The van der Waals surface area contributed by atoms with Crippen molar-refractivity contribution in [3.63, 3.8) is 0 Å². The van der Waals surface area contributed by atoms with Crippen molar-refractivity contribution in [1.82, 2.24) is 4.57 Å². The molecule has 0 fully saturated rings. The van der Waals surface area contributed by atoms with Crippen molar-refractivity contribution in [2.75, 3.05) is 0 Å². The molecule has 1 aromatic heterocycles. The molecule has 3 aliphatic rings. The lowest BCUT2D eigenvalue weighted by atomic mass is 9.34. The average molecular weight is 768 g/mol. The second-order valence-corrected chi connectivity index (χ2v) is 19.6. The molecule has 2 aliphatic heterocycles. The topological polar surface area (TPSA) is 23.4 Å². The molecule has 0 saturated heterocycles.